The molecule has 1 unspecified atom stereocenters. The molecule has 106 valence electrons. The number of nitrogens with two attached hydrogens (primary N) is 1. The lowest BCUT2D eigenvalue weighted by molar-refractivity contribution is -0.117. The van der Waals surface area contributed by atoms with E-state index in [1.807, 2.05) is 20.8 Å². The molecule has 0 aliphatic carbocycles. The summed E-state index contributed by atoms with van der Waals surface area (Å²) < 4.78 is 26.8. The zero-order chi connectivity index (χ0) is 14.8. The first-order valence-electron chi connectivity index (χ1n) is 5.81. The van der Waals surface area contributed by atoms with E-state index in [0.717, 1.165) is 12.1 Å². The van der Waals surface area contributed by atoms with Gasteiger partial charge in [0.25, 0.3) is 0 Å². The van der Waals surface area contributed by atoms with Gasteiger partial charge in [-0.2, -0.15) is 0 Å². The van der Waals surface area contributed by atoms with E-state index < -0.39 is 17.5 Å². The molecule has 6 heteroatoms. The van der Waals surface area contributed by atoms with Crippen LogP contribution in [0.3, 0.4) is 0 Å². The van der Waals surface area contributed by atoms with Crippen LogP contribution in [0.15, 0.2) is 16.6 Å². The SMILES string of the molecule is CC(C)(C)C(N)CC(=O)Nc1cc(F)c(Br)cc1F. The number of nitrogens with one attached hydrogen (secondary N) is 1. The Morgan fingerprint density at radius 3 is 2.47 bits per heavy atom. The van der Waals surface area contributed by atoms with Gasteiger partial charge in [0.05, 0.1) is 10.2 Å². The van der Waals surface area contributed by atoms with E-state index in [4.69, 9.17) is 5.73 Å². The smallest absolute Gasteiger partial charge is 0.226 e. The molecule has 3 nitrogen and oxygen atoms in total. The summed E-state index contributed by atoms with van der Waals surface area (Å²) in [5.74, 6) is -1.79. The molecule has 1 aromatic rings. The third-order valence-corrected chi connectivity index (χ3v) is 3.41. The molecule has 1 atom stereocenters. The molecule has 19 heavy (non-hydrogen) atoms. The molecule has 1 amide bonds. The standard InChI is InChI=1S/C13H17BrF2N2O/c1-13(2,3)11(17)6-12(19)18-10-5-8(15)7(14)4-9(10)16/h4-5,11H,6,17H2,1-3H3,(H,18,19). The van der Waals surface area contributed by atoms with Gasteiger partial charge in [0, 0.05) is 18.5 Å². The minimum Gasteiger partial charge on any atom is -0.327 e. The molecule has 0 fully saturated rings. The van der Waals surface area contributed by atoms with Crippen molar-refractivity contribution in [3.05, 3.63) is 28.2 Å². The predicted molar refractivity (Wildman–Crippen MR) is 74.7 cm³/mol. The van der Waals surface area contributed by atoms with Gasteiger partial charge in [-0.25, -0.2) is 8.78 Å². The van der Waals surface area contributed by atoms with Crippen LogP contribution in [0, 0.1) is 17.0 Å². The maximum Gasteiger partial charge on any atom is 0.226 e. The summed E-state index contributed by atoms with van der Waals surface area (Å²) in [5.41, 5.74) is 5.44. The summed E-state index contributed by atoms with van der Waals surface area (Å²) in [5, 5.41) is 2.33. The first-order chi connectivity index (χ1) is 8.61. The van der Waals surface area contributed by atoms with E-state index in [9.17, 15) is 13.6 Å². The van der Waals surface area contributed by atoms with Crippen LogP contribution in [-0.4, -0.2) is 11.9 Å². The van der Waals surface area contributed by atoms with Crippen molar-refractivity contribution in [2.45, 2.75) is 33.2 Å². The Kier molecular flexibility index (Phi) is 5.04. The summed E-state index contributed by atoms with van der Waals surface area (Å²) in [6, 6.07) is 1.53. The number of rotatable bonds is 3. The van der Waals surface area contributed by atoms with Crippen LogP contribution in [0.25, 0.3) is 0 Å². The molecule has 1 rings (SSSR count). The maximum absolute atomic E-state index is 13.5. The lowest BCUT2D eigenvalue weighted by Gasteiger charge is -2.26. The van der Waals surface area contributed by atoms with Gasteiger partial charge in [-0.15, -0.1) is 0 Å². The maximum atomic E-state index is 13.5. The van der Waals surface area contributed by atoms with Crippen LogP contribution >= 0.6 is 15.9 Å². The van der Waals surface area contributed by atoms with Crippen LogP contribution in [0.5, 0.6) is 0 Å². The molecule has 0 spiro atoms. The van der Waals surface area contributed by atoms with Gasteiger partial charge in [-0.05, 0) is 27.4 Å². The summed E-state index contributed by atoms with van der Waals surface area (Å²) in [6.45, 7) is 5.72. The van der Waals surface area contributed by atoms with E-state index in [1.54, 1.807) is 0 Å². The Labute approximate surface area is 119 Å². The van der Waals surface area contributed by atoms with Crippen molar-refractivity contribution in [2.24, 2.45) is 11.1 Å². The van der Waals surface area contributed by atoms with Crippen LogP contribution in [0.4, 0.5) is 14.5 Å². The van der Waals surface area contributed by atoms with Gasteiger partial charge >= 0.3 is 0 Å². The number of benzene rings is 1. The Balaban J connectivity index is 2.76. The van der Waals surface area contributed by atoms with Crippen molar-refractivity contribution in [3.63, 3.8) is 0 Å². The van der Waals surface area contributed by atoms with E-state index in [0.29, 0.717) is 0 Å². The summed E-state index contributed by atoms with van der Waals surface area (Å²) in [6.07, 6.45) is 0.0423. The van der Waals surface area contributed by atoms with Gasteiger partial charge in [0.1, 0.15) is 11.6 Å². The van der Waals surface area contributed by atoms with Crippen molar-refractivity contribution in [2.75, 3.05) is 5.32 Å². The lowest BCUT2D eigenvalue weighted by atomic mass is 9.85. The van der Waals surface area contributed by atoms with Gasteiger partial charge in [-0.3, -0.25) is 4.79 Å². The zero-order valence-corrected chi connectivity index (χ0v) is 12.6. The second kappa shape index (κ2) is 5.96. The molecule has 0 heterocycles. The summed E-state index contributed by atoms with van der Waals surface area (Å²) >= 11 is 2.87. The van der Waals surface area contributed by atoms with E-state index >= 15 is 0 Å². The Morgan fingerprint density at radius 2 is 1.95 bits per heavy atom. The number of carbonyl (C=O) groups is 1. The monoisotopic (exact) mass is 334 g/mol. The van der Waals surface area contributed by atoms with Crippen LogP contribution < -0.4 is 11.1 Å². The third kappa shape index (κ3) is 4.54. The second-order valence-electron chi connectivity index (χ2n) is 5.47. The van der Waals surface area contributed by atoms with Crippen molar-refractivity contribution < 1.29 is 13.6 Å². The van der Waals surface area contributed by atoms with Crippen LogP contribution in [0.1, 0.15) is 27.2 Å². The quantitative estimate of drug-likeness (QED) is 0.832. The molecule has 0 radical (unpaired) electrons. The van der Waals surface area contributed by atoms with Crippen LogP contribution in [-0.2, 0) is 4.79 Å². The molecule has 3 N–H and O–H groups in total. The minimum atomic E-state index is -0.703. The third-order valence-electron chi connectivity index (χ3n) is 2.80. The Bertz CT molecular complexity index is 486. The highest BCUT2D eigenvalue weighted by molar-refractivity contribution is 9.10. The normalized spacial score (nSPS) is 13.2. The first kappa shape index (κ1) is 16.0. The highest BCUT2D eigenvalue weighted by atomic mass is 79.9. The second-order valence-corrected chi connectivity index (χ2v) is 6.33. The fourth-order valence-corrected chi connectivity index (χ4v) is 1.64. The molecule has 0 aliphatic rings. The fourth-order valence-electron chi connectivity index (χ4n) is 1.33. The Morgan fingerprint density at radius 1 is 1.37 bits per heavy atom. The average Bonchev–Trinajstić information content (AvgIpc) is 2.24. The van der Waals surface area contributed by atoms with Gasteiger partial charge in [-0.1, -0.05) is 20.8 Å². The van der Waals surface area contributed by atoms with Gasteiger partial charge < -0.3 is 11.1 Å². The first-order valence-corrected chi connectivity index (χ1v) is 6.60. The molecule has 0 saturated heterocycles. The van der Waals surface area contributed by atoms with Gasteiger partial charge in [0.15, 0.2) is 0 Å². The number of anilines is 1. The van der Waals surface area contributed by atoms with Crippen molar-refractivity contribution in [3.8, 4) is 0 Å². The predicted octanol–water partition coefficient (Wildman–Crippen LogP) is 3.43. The van der Waals surface area contributed by atoms with E-state index in [1.165, 1.54) is 0 Å². The number of carbonyl (C=O) groups excluding carboxylic acids is 1. The fraction of sp³-hybridized carbons (Fsp3) is 0.462. The largest absolute Gasteiger partial charge is 0.327 e. The Hall–Kier alpha value is -1.01. The topological polar surface area (TPSA) is 55.1 Å². The highest BCUT2D eigenvalue weighted by Gasteiger charge is 2.23. The molecule has 0 saturated carbocycles. The number of halogens is 3. The van der Waals surface area contributed by atoms with Crippen molar-refractivity contribution in [1.29, 1.82) is 0 Å². The number of amides is 1. The van der Waals surface area contributed by atoms with Crippen molar-refractivity contribution in [1.82, 2.24) is 0 Å². The van der Waals surface area contributed by atoms with Crippen LogP contribution in [0.2, 0.25) is 0 Å². The average molecular weight is 335 g/mol. The lowest BCUT2D eigenvalue weighted by Crippen LogP contribution is -2.38. The number of hydrogen-bond donors (Lipinski definition) is 2. The van der Waals surface area contributed by atoms with E-state index in [2.05, 4.69) is 21.2 Å². The molecule has 0 aromatic heterocycles. The zero-order valence-electron chi connectivity index (χ0n) is 11.1. The molecule has 0 aliphatic heterocycles. The van der Waals surface area contributed by atoms with Gasteiger partial charge in [0.2, 0.25) is 5.91 Å². The number of hydrogen-bond acceptors (Lipinski definition) is 2. The van der Waals surface area contributed by atoms with E-state index in [-0.39, 0.29) is 28.0 Å². The highest BCUT2D eigenvalue weighted by Crippen LogP contribution is 2.24. The van der Waals surface area contributed by atoms with Crippen molar-refractivity contribution >= 4 is 27.5 Å². The molecule has 1 aromatic carbocycles. The summed E-state index contributed by atoms with van der Waals surface area (Å²) in [4.78, 5) is 11.7. The summed E-state index contributed by atoms with van der Waals surface area (Å²) in [7, 11) is 0. The minimum absolute atomic E-state index is 0.00870. The molecular formula is C13H17BrF2N2O. The molecular weight excluding hydrogens is 318 g/mol. The molecule has 0 bridgehead atoms.